The molecule has 1 aliphatic heterocycles. The molecular formula is C21H22ClN3O4S. The van der Waals surface area contributed by atoms with Gasteiger partial charge in [-0.3, -0.25) is 9.59 Å². The van der Waals surface area contributed by atoms with E-state index in [0.29, 0.717) is 28.0 Å². The van der Waals surface area contributed by atoms with Gasteiger partial charge in [0.05, 0.1) is 11.5 Å². The molecule has 0 saturated carbocycles. The van der Waals surface area contributed by atoms with Crippen molar-refractivity contribution in [1.29, 1.82) is 0 Å². The summed E-state index contributed by atoms with van der Waals surface area (Å²) in [6, 6.07) is 10.8. The van der Waals surface area contributed by atoms with Gasteiger partial charge in [0.25, 0.3) is 11.8 Å². The molecular weight excluding hydrogens is 426 g/mol. The van der Waals surface area contributed by atoms with E-state index < -0.39 is 5.91 Å². The van der Waals surface area contributed by atoms with Gasteiger partial charge in [0.1, 0.15) is 0 Å². The lowest BCUT2D eigenvalue weighted by Gasteiger charge is -2.15. The highest BCUT2D eigenvalue weighted by molar-refractivity contribution is 8.05. The average molecular weight is 448 g/mol. The van der Waals surface area contributed by atoms with Gasteiger partial charge in [-0.05, 0) is 55.3 Å². The van der Waals surface area contributed by atoms with Crippen LogP contribution in [-0.4, -0.2) is 30.5 Å². The number of benzene rings is 2. The Morgan fingerprint density at radius 2 is 2.07 bits per heavy atom. The van der Waals surface area contributed by atoms with Crippen molar-refractivity contribution in [2.45, 2.75) is 19.3 Å². The van der Waals surface area contributed by atoms with Gasteiger partial charge in [-0.1, -0.05) is 35.5 Å². The third kappa shape index (κ3) is 5.61. The monoisotopic (exact) mass is 447 g/mol. The fourth-order valence-corrected chi connectivity index (χ4v) is 3.91. The van der Waals surface area contributed by atoms with Gasteiger partial charge in [-0.2, -0.15) is 0 Å². The molecule has 1 unspecified atom stereocenters. The van der Waals surface area contributed by atoms with Crippen molar-refractivity contribution in [3.63, 3.8) is 0 Å². The SMILES string of the molecule is CCOc1cc(/C=C2\SC(Nc3cc(Cl)ccc3C)NC2=O)ccc1OCC(N)=O. The van der Waals surface area contributed by atoms with Crippen LogP contribution in [0.25, 0.3) is 6.08 Å². The van der Waals surface area contributed by atoms with Crippen molar-refractivity contribution < 1.29 is 19.1 Å². The molecule has 0 spiro atoms. The lowest BCUT2D eigenvalue weighted by Crippen LogP contribution is -2.31. The van der Waals surface area contributed by atoms with Gasteiger partial charge in [0.15, 0.2) is 23.6 Å². The zero-order chi connectivity index (χ0) is 21.7. The Kier molecular flexibility index (Phi) is 7.12. The number of carbonyl (C=O) groups excluding carboxylic acids is 2. The lowest BCUT2D eigenvalue weighted by atomic mass is 10.2. The molecule has 0 aliphatic carbocycles. The maximum Gasteiger partial charge on any atom is 0.260 e. The van der Waals surface area contributed by atoms with Crippen LogP contribution in [0, 0.1) is 6.92 Å². The van der Waals surface area contributed by atoms with Gasteiger partial charge in [-0.25, -0.2) is 0 Å². The second kappa shape index (κ2) is 9.77. The normalized spacial score (nSPS) is 17.0. The summed E-state index contributed by atoms with van der Waals surface area (Å²) < 4.78 is 11.0. The summed E-state index contributed by atoms with van der Waals surface area (Å²) in [5.41, 5.74) is 7.47. The summed E-state index contributed by atoms with van der Waals surface area (Å²) in [4.78, 5) is 23.9. The molecule has 9 heteroatoms. The van der Waals surface area contributed by atoms with Crippen molar-refractivity contribution in [3.05, 3.63) is 57.5 Å². The molecule has 1 heterocycles. The molecule has 4 N–H and O–H groups in total. The van der Waals surface area contributed by atoms with Gasteiger partial charge < -0.3 is 25.8 Å². The number of rotatable bonds is 8. The lowest BCUT2D eigenvalue weighted by molar-refractivity contribution is -0.120. The Morgan fingerprint density at radius 1 is 1.27 bits per heavy atom. The van der Waals surface area contributed by atoms with Gasteiger partial charge >= 0.3 is 0 Å². The maximum atomic E-state index is 12.4. The number of hydrogen-bond acceptors (Lipinski definition) is 6. The average Bonchev–Trinajstić information content (AvgIpc) is 3.03. The van der Waals surface area contributed by atoms with Crippen LogP contribution in [0.2, 0.25) is 5.02 Å². The molecule has 1 atom stereocenters. The molecule has 1 saturated heterocycles. The van der Waals surface area contributed by atoms with Crippen molar-refractivity contribution in [2.75, 3.05) is 18.5 Å². The van der Waals surface area contributed by atoms with Gasteiger partial charge in [0, 0.05) is 10.7 Å². The zero-order valence-corrected chi connectivity index (χ0v) is 18.1. The number of ether oxygens (including phenoxy) is 2. The molecule has 0 bridgehead atoms. The zero-order valence-electron chi connectivity index (χ0n) is 16.5. The Labute approximate surface area is 183 Å². The Morgan fingerprint density at radius 3 is 2.80 bits per heavy atom. The van der Waals surface area contributed by atoms with Crippen LogP contribution in [0.4, 0.5) is 5.69 Å². The Bertz CT molecular complexity index is 996. The van der Waals surface area contributed by atoms with Crippen LogP contribution >= 0.6 is 23.4 Å². The number of anilines is 1. The molecule has 7 nitrogen and oxygen atoms in total. The van der Waals surface area contributed by atoms with E-state index >= 15 is 0 Å². The fraction of sp³-hybridized carbons (Fsp3) is 0.238. The summed E-state index contributed by atoms with van der Waals surface area (Å²) in [7, 11) is 0. The highest BCUT2D eigenvalue weighted by Crippen LogP contribution is 2.34. The van der Waals surface area contributed by atoms with E-state index in [1.165, 1.54) is 11.8 Å². The van der Waals surface area contributed by atoms with E-state index in [4.69, 9.17) is 26.8 Å². The first-order valence-electron chi connectivity index (χ1n) is 9.25. The first-order valence-corrected chi connectivity index (χ1v) is 10.5. The van der Waals surface area contributed by atoms with Crippen LogP contribution in [0.1, 0.15) is 18.1 Å². The smallest absolute Gasteiger partial charge is 0.260 e. The first kappa shape index (κ1) is 21.9. The standard InChI is InChI=1S/C21H22ClN3O4S/c1-3-28-17-8-13(5-7-16(17)29-11-19(23)26)9-18-20(27)25-21(30-18)24-15-10-14(22)6-4-12(15)2/h4-10,21,24H,3,11H2,1-2H3,(H2,23,26)(H,25,27)/b18-9-. The molecule has 1 aliphatic rings. The summed E-state index contributed by atoms with van der Waals surface area (Å²) in [6.07, 6.45) is 1.77. The van der Waals surface area contributed by atoms with Crippen molar-refractivity contribution >= 4 is 46.9 Å². The van der Waals surface area contributed by atoms with E-state index in [9.17, 15) is 9.59 Å². The highest BCUT2D eigenvalue weighted by atomic mass is 35.5. The first-order chi connectivity index (χ1) is 14.4. The topological polar surface area (TPSA) is 103 Å². The van der Waals surface area contributed by atoms with Crippen LogP contribution in [-0.2, 0) is 9.59 Å². The third-order valence-electron chi connectivity index (χ3n) is 4.15. The number of thioether (sulfide) groups is 1. The van der Waals surface area contributed by atoms with E-state index in [1.807, 2.05) is 32.0 Å². The van der Waals surface area contributed by atoms with Crippen molar-refractivity contribution in [3.8, 4) is 11.5 Å². The Hall–Kier alpha value is -2.84. The van der Waals surface area contributed by atoms with E-state index in [0.717, 1.165) is 16.8 Å². The molecule has 1 fully saturated rings. The van der Waals surface area contributed by atoms with Gasteiger partial charge in [0.2, 0.25) is 0 Å². The molecule has 2 amide bonds. The molecule has 3 rings (SSSR count). The van der Waals surface area contributed by atoms with Crippen molar-refractivity contribution in [1.82, 2.24) is 5.32 Å². The summed E-state index contributed by atoms with van der Waals surface area (Å²) in [5.74, 6) is 0.137. The minimum Gasteiger partial charge on any atom is -0.490 e. The maximum absolute atomic E-state index is 12.4. The van der Waals surface area contributed by atoms with Gasteiger partial charge in [-0.15, -0.1) is 0 Å². The van der Waals surface area contributed by atoms with Crippen LogP contribution in [0.15, 0.2) is 41.3 Å². The predicted octanol–water partition coefficient (Wildman–Crippen LogP) is 3.51. The van der Waals surface area contributed by atoms with Crippen molar-refractivity contribution in [2.24, 2.45) is 5.73 Å². The number of hydrogen-bond donors (Lipinski definition) is 3. The summed E-state index contributed by atoms with van der Waals surface area (Å²) in [6.45, 7) is 3.99. The minimum atomic E-state index is -0.573. The minimum absolute atomic E-state index is 0.177. The quantitative estimate of drug-likeness (QED) is 0.535. The molecule has 0 aromatic heterocycles. The fourth-order valence-electron chi connectivity index (χ4n) is 2.76. The Balaban J connectivity index is 1.75. The number of carbonyl (C=O) groups is 2. The largest absolute Gasteiger partial charge is 0.490 e. The number of halogens is 1. The summed E-state index contributed by atoms with van der Waals surface area (Å²) >= 11 is 7.44. The molecule has 2 aromatic carbocycles. The molecule has 0 radical (unpaired) electrons. The van der Waals surface area contributed by atoms with E-state index in [1.54, 1.807) is 24.3 Å². The number of primary amides is 1. The molecule has 2 aromatic rings. The van der Waals surface area contributed by atoms with Crippen LogP contribution < -0.4 is 25.8 Å². The summed E-state index contributed by atoms with van der Waals surface area (Å²) in [5, 5.41) is 6.80. The number of amides is 2. The number of aryl methyl sites for hydroxylation is 1. The highest BCUT2D eigenvalue weighted by Gasteiger charge is 2.27. The second-order valence-corrected chi connectivity index (χ2v) is 8.06. The van der Waals surface area contributed by atoms with E-state index in [2.05, 4.69) is 10.6 Å². The number of nitrogens with two attached hydrogens (primary N) is 1. The van der Waals surface area contributed by atoms with Crippen LogP contribution in [0.5, 0.6) is 11.5 Å². The second-order valence-electron chi connectivity index (χ2n) is 6.48. The third-order valence-corrected chi connectivity index (χ3v) is 5.42. The van der Waals surface area contributed by atoms with Crippen LogP contribution in [0.3, 0.4) is 0 Å². The molecule has 30 heavy (non-hydrogen) atoms. The predicted molar refractivity (Wildman–Crippen MR) is 120 cm³/mol. The van der Waals surface area contributed by atoms with E-state index in [-0.39, 0.29) is 18.0 Å². The number of nitrogens with one attached hydrogen (secondary N) is 2. The molecule has 158 valence electrons.